The lowest BCUT2D eigenvalue weighted by Crippen LogP contribution is -2.13. The summed E-state index contributed by atoms with van der Waals surface area (Å²) in [5.41, 5.74) is -0.830. The Hall–Kier alpha value is -1.20. The predicted molar refractivity (Wildman–Crippen MR) is 47.0 cm³/mol. The maximum absolute atomic E-state index is 12.1. The molecule has 0 aromatic carbocycles. The highest BCUT2D eigenvalue weighted by Gasteiger charge is 2.33. The van der Waals surface area contributed by atoms with E-state index in [0.29, 0.717) is 0 Å². The highest BCUT2D eigenvalue weighted by Crippen LogP contribution is 2.28. The highest BCUT2D eigenvalue weighted by molar-refractivity contribution is 5.36. The van der Waals surface area contributed by atoms with Gasteiger partial charge in [-0.3, -0.25) is 5.10 Å². The number of anilines is 1. The minimum Gasteiger partial charge on any atom is -0.366 e. The largest absolute Gasteiger partial charge is 0.432 e. The molecule has 0 aliphatic carbocycles. The average molecular weight is 207 g/mol. The molecule has 0 aliphatic rings. The third kappa shape index (κ3) is 2.65. The van der Waals surface area contributed by atoms with Gasteiger partial charge in [0.05, 0.1) is 0 Å². The SMILES string of the molecule is CC[C@H](C)Nc1cc(C(F)(F)F)[nH]n1. The molecule has 80 valence electrons. The Morgan fingerprint density at radius 2 is 2.21 bits per heavy atom. The minimum absolute atomic E-state index is 0.111. The maximum Gasteiger partial charge on any atom is 0.432 e. The normalized spacial score (nSPS) is 14.1. The van der Waals surface area contributed by atoms with Gasteiger partial charge in [0.25, 0.3) is 0 Å². The van der Waals surface area contributed by atoms with Crippen LogP contribution in [0.1, 0.15) is 26.0 Å². The molecule has 0 radical (unpaired) electrons. The predicted octanol–water partition coefficient (Wildman–Crippen LogP) is 2.64. The van der Waals surface area contributed by atoms with Gasteiger partial charge in [-0.15, -0.1) is 0 Å². The van der Waals surface area contributed by atoms with Crippen molar-refractivity contribution in [2.45, 2.75) is 32.5 Å². The number of H-pyrrole nitrogens is 1. The molecule has 0 bridgehead atoms. The molecule has 1 aromatic rings. The molecule has 0 saturated heterocycles. The fraction of sp³-hybridized carbons (Fsp3) is 0.625. The third-order valence-corrected chi connectivity index (χ3v) is 1.89. The Labute approximate surface area is 79.7 Å². The van der Waals surface area contributed by atoms with E-state index in [4.69, 9.17) is 0 Å². The van der Waals surface area contributed by atoms with Crippen LogP contribution in [0.25, 0.3) is 0 Å². The number of nitrogens with one attached hydrogen (secondary N) is 2. The van der Waals surface area contributed by atoms with Crippen molar-refractivity contribution >= 4 is 5.82 Å². The number of rotatable bonds is 3. The van der Waals surface area contributed by atoms with Gasteiger partial charge < -0.3 is 5.32 Å². The van der Waals surface area contributed by atoms with Crippen LogP contribution in [0.2, 0.25) is 0 Å². The fourth-order valence-corrected chi connectivity index (χ4v) is 0.895. The molecular formula is C8H12F3N3. The summed E-state index contributed by atoms with van der Waals surface area (Å²) in [6.07, 6.45) is -3.53. The highest BCUT2D eigenvalue weighted by atomic mass is 19.4. The van der Waals surface area contributed by atoms with E-state index in [9.17, 15) is 13.2 Å². The lowest BCUT2D eigenvalue weighted by Gasteiger charge is -2.08. The second kappa shape index (κ2) is 3.89. The first-order valence-electron chi connectivity index (χ1n) is 4.32. The standard InChI is InChI=1S/C8H12F3N3/c1-3-5(2)12-7-4-6(13-14-7)8(9,10)11/h4-5H,3H2,1-2H3,(H2,12,13,14)/t5-/m0/s1. The lowest BCUT2D eigenvalue weighted by molar-refractivity contribution is -0.141. The summed E-state index contributed by atoms with van der Waals surface area (Å²) in [5, 5.41) is 8.29. The number of aromatic nitrogens is 2. The van der Waals surface area contributed by atoms with E-state index in [2.05, 4.69) is 10.4 Å². The van der Waals surface area contributed by atoms with Crippen molar-refractivity contribution in [2.24, 2.45) is 0 Å². The van der Waals surface area contributed by atoms with E-state index in [1.807, 2.05) is 18.9 Å². The molecule has 0 amide bonds. The average Bonchev–Trinajstić information content (AvgIpc) is 2.51. The van der Waals surface area contributed by atoms with E-state index in [0.717, 1.165) is 12.5 Å². The zero-order valence-corrected chi connectivity index (χ0v) is 7.94. The zero-order valence-electron chi connectivity index (χ0n) is 7.94. The van der Waals surface area contributed by atoms with Gasteiger partial charge >= 0.3 is 6.18 Å². The molecule has 0 unspecified atom stereocenters. The Morgan fingerprint density at radius 1 is 1.57 bits per heavy atom. The van der Waals surface area contributed by atoms with Gasteiger partial charge in [-0.1, -0.05) is 6.92 Å². The number of nitrogens with zero attached hydrogens (tertiary/aromatic N) is 1. The summed E-state index contributed by atoms with van der Waals surface area (Å²) < 4.78 is 36.4. The molecule has 0 aliphatic heterocycles. The number of alkyl halides is 3. The van der Waals surface area contributed by atoms with Gasteiger partial charge in [0.2, 0.25) is 0 Å². The summed E-state index contributed by atoms with van der Waals surface area (Å²) in [5.74, 6) is 0.228. The molecule has 1 aromatic heterocycles. The van der Waals surface area contributed by atoms with E-state index >= 15 is 0 Å². The van der Waals surface area contributed by atoms with Crippen LogP contribution in [0.3, 0.4) is 0 Å². The Morgan fingerprint density at radius 3 is 2.64 bits per heavy atom. The first-order valence-corrected chi connectivity index (χ1v) is 4.32. The topological polar surface area (TPSA) is 40.7 Å². The van der Waals surface area contributed by atoms with E-state index in [1.165, 1.54) is 0 Å². The lowest BCUT2D eigenvalue weighted by atomic mass is 10.2. The van der Waals surface area contributed by atoms with Crippen molar-refractivity contribution in [3.05, 3.63) is 11.8 Å². The van der Waals surface area contributed by atoms with E-state index < -0.39 is 11.9 Å². The Kier molecular flexibility index (Phi) is 3.03. The Bertz CT molecular complexity index is 292. The monoisotopic (exact) mass is 207 g/mol. The van der Waals surface area contributed by atoms with Crippen LogP contribution >= 0.6 is 0 Å². The molecule has 1 atom stereocenters. The second-order valence-electron chi connectivity index (χ2n) is 3.12. The van der Waals surface area contributed by atoms with E-state index in [1.54, 1.807) is 0 Å². The minimum atomic E-state index is -4.36. The van der Waals surface area contributed by atoms with Crippen molar-refractivity contribution < 1.29 is 13.2 Å². The van der Waals surface area contributed by atoms with Gasteiger partial charge in [0.15, 0.2) is 0 Å². The summed E-state index contributed by atoms with van der Waals surface area (Å²) in [6.45, 7) is 3.82. The van der Waals surface area contributed by atoms with Crippen molar-refractivity contribution in [1.82, 2.24) is 10.2 Å². The molecule has 6 heteroatoms. The van der Waals surface area contributed by atoms with E-state index in [-0.39, 0.29) is 11.9 Å². The van der Waals surface area contributed by atoms with Crippen LogP contribution in [0.4, 0.5) is 19.0 Å². The molecule has 3 nitrogen and oxygen atoms in total. The van der Waals surface area contributed by atoms with Gasteiger partial charge in [-0.25, -0.2) is 0 Å². The van der Waals surface area contributed by atoms with Crippen LogP contribution in [0.5, 0.6) is 0 Å². The number of hydrogen-bond acceptors (Lipinski definition) is 2. The smallest absolute Gasteiger partial charge is 0.366 e. The van der Waals surface area contributed by atoms with Gasteiger partial charge in [-0.05, 0) is 13.3 Å². The second-order valence-corrected chi connectivity index (χ2v) is 3.12. The molecule has 0 spiro atoms. The number of halogens is 3. The number of aromatic amines is 1. The van der Waals surface area contributed by atoms with Crippen LogP contribution in [0.15, 0.2) is 6.07 Å². The van der Waals surface area contributed by atoms with Crippen molar-refractivity contribution in [3.63, 3.8) is 0 Å². The van der Waals surface area contributed by atoms with Crippen LogP contribution in [-0.4, -0.2) is 16.2 Å². The first kappa shape index (κ1) is 10.9. The summed E-state index contributed by atoms with van der Waals surface area (Å²) in [4.78, 5) is 0. The van der Waals surface area contributed by atoms with Gasteiger partial charge in [-0.2, -0.15) is 18.3 Å². The summed E-state index contributed by atoms with van der Waals surface area (Å²) in [7, 11) is 0. The van der Waals surface area contributed by atoms with Gasteiger partial charge in [0.1, 0.15) is 11.5 Å². The fourth-order valence-electron chi connectivity index (χ4n) is 0.895. The van der Waals surface area contributed by atoms with Crippen LogP contribution in [-0.2, 0) is 6.18 Å². The van der Waals surface area contributed by atoms with Gasteiger partial charge in [0, 0.05) is 12.1 Å². The summed E-state index contributed by atoms with van der Waals surface area (Å²) >= 11 is 0. The third-order valence-electron chi connectivity index (χ3n) is 1.89. The maximum atomic E-state index is 12.1. The van der Waals surface area contributed by atoms with Crippen LogP contribution < -0.4 is 5.32 Å². The summed E-state index contributed by atoms with van der Waals surface area (Å²) in [6, 6.07) is 1.07. The molecule has 14 heavy (non-hydrogen) atoms. The van der Waals surface area contributed by atoms with Crippen molar-refractivity contribution in [3.8, 4) is 0 Å². The quantitative estimate of drug-likeness (QED) is 0.799. The van der Waals surface area contributed by atoms with Crippen molar-refractivity contribution in [2.75, 3.05) is 5.32 Å². The zero-order chi connectivity index (χ0) is 10.8. The molecule has 1 rings (SSSR count). The number of hydrogen-bond donors (Lipinski definition) is 2. The molecule has 2 N–H and O–H groups in total. The van der Waals surface area contributed by atoms with Crippen LogP contribution in [0, 0.1) is 0 Å². The molecule has 0 saturated carbocycles. The molecule has 1 heterocycles. The van der Waals surface area contributed by atoms with Crippen molar-refractivity contribution in [1.29, 1.82) is 0 Å². The molecule has 0 fully saturated rings. The molecular weight excluding hydrogens is 195 g/mol. The Balaban J connectivity index is 2.69. The first-order chi connectivity index (χ1) is 6.43.